The van der Waals surface area contributed by atoms with Gasteiger partial charge in [-0.25, -0.2) is 4.39 Å². The van der Waals surface area contributed by atoms with Gasteiger partial charge in [-0.1, -0.05) is 17.7 Å². The fourth-order valence-corrected chi connectivity index (χ4v) is 3.36. The summed E-state index contributed by atoms with van der Waals surface area (Å²) in [6.45, 7) is 0. The summed E-state index contributed by atoms with van der Waals surface area (Å²) >= 11 is 7.36. The van der Waals surface area contributed by atoms with Crippen LogP contribution in [-0.2, 0) is 18.3 Å². The third-order valence-electron chi connectivity index (χ3n) is 4.34. The lowest BCUT2D eigenvalue weighted by Crippen LogP contribution is -2.50. The van der Waals surface area contributed by atoms with E-state index in [1.807, 2.05) is 22.6 Å². The monoisotopic (exact) mass is 607 g/mol. The highest BCUT2D eigenvalue weighted by Crippen LogP contribution is 2.54. The quantitative estimate of drug-likeness (QED) is 0.172. The van der Waals surface area contributed by atoms with E-state index in [1.165, 1.54) is 12.1 Å². The van der Waals surface area contributed by atoms with Gasteiger partial charge in [0, 0.05) is 31.8 Å². The topological polar surface area (TPSA) is 43.1 Å². The summed E-state index contributed by atoms with van der Waals surface area (Å²) < 4.78 is 133. The van der Waals surface area contributed by atoms with E-state index in [9.17, 15) is 48.7 Å². The number of Topliss-reactive ketones (excluding diaryl/α,β-unsaturated/α-hetero) is 1. The summed E-state index contributed by atoms with van der Waals surface area (Å²) in [7, 11) is 0. The molecule has 2 N–H and O–H groups in total. The fraction of sp³-hybridized carbons (Fsp3) is 0.278. The minimum atomic E-state index is -6.65. The highest BCUT2D eigenvalue weighted by atomic mass is 127. The molecule has 14 heteroatoms. The van der Waals surface area contributed by atoms with Crippen molar-refractivity contribution >= 4 is 45.7 Å². The molecule has 32 heavy (non-hydrogen) atoms. The van der Waals surface area contributed by atoms with Gasteiger partial charge in [-0.05, 0) is 52.4 Å². The molecule has 0 unspecified atom stereocenters. The molecule has 2 aromatic carbocycles. The second-order valence-corrected chi connectivity index (χ2v) is 8.04. The molecule has 0 fully saturated rings. The van der Waals surface area contributed by atoms with Crippen LogP contribution < -0.4 is 5.73 Å². The third kappa shape index (κ3) is 4.92. The standard InChI is InChI=1S/C18H9ClF10INO/c19-11-5-8(15(20,17(24,25)26)18(27,28)29)4-10(16(21,22)23)9(11)6-14(32)7-1-2-12(30)13(31)3-7/h1-5H,6,31H2. The Morgan fingerprint density at radius 1 is 0.906 bits per heavy atom. The highest BCUT2D eigenvalue weighted by molar-refractivity contribution is 14.1. The first-order valence-electron chi connectivity index (χ1n) is 8.11. The summed E-state index contributed by atoms with van der Waals surface area (Å²) in [4.78, 5) is 12.4. The molecular formula is C18H9ClF10INO. The Balaban J connectivity index is 2.69. The first kappa shape index (κ1) is 26.5. The van der Waals surface area contributed by atoms with Gasteiger partial charge in [0.05, 0.1) is 5.56 Å². The zero-order chi connectivity index (χ0) is 24.9. The lowest BCUT2D eigenvalue weighted by molar-refractivity contribution is -0.348. The van der Waals surface area contributed by atoms with Gasteiger partial charge >= 0.3 is 24.2 Å². The van der Waals surface area contributed by atoms with Crippen molar-refractivity contribution in [3.05, 3.63) is 61.2 Å². The zero-order valence-corrected chi connectivity index (χ0v) is 18.0. The second-order valence-electron chi connectivity index (χ2n) is 6.47. The molecule has 2 nitrogen and oxygen atoms in total. The number of carbonyl (C=O) groups is 1. The molecule has 0 amide bonds. The van der Waals surface area contributed by atoms with Crippen molar-refractivity contribution in [1.29, 1.82) is 0 Å². The maximum atomic E-state index is 14.3. The summed E-state index contributed by atoms with van der Waals surface area (Å²) in [5.41, 5.74) is -6.23. The number of nitrogens with two attached hydrogens (primary N) is 1. The van der Waals surface area contributed by atoms with Crippen molar-refractivity contribution in [2.75, 3.05) is 5.73 Å². The Bertz CT molecular complexity index is 1030. The Kier molecular flexibility index (Phi) is 7.07. The van der Waals surface area contributed by atoms with Crippen LogP contribution in [0.1, 0.15) is 27.0 Å². The van der Waals surface area contributed by atoms with Crippen LogP contribution >= 0.6 is 34.2 Å². The molecule has 2 rings (SSSR count). The van der Waals surface area contributed by atoms with Crippen LogP contribution in [-0.4, -0.2) is 18.1 Å². The number of carbonyl (C=O) groups excluding carboxylic acids is 1. The minimum absolute atomic E-state index is 0.103. The molecule has 0 bridgehead atoms. The molecule has 2 aromatic rings. The molecular weight excluding hydrogens is 599 g/mol. The number of ketones is 1. The maximum absolute atomic E-state index is 14.3. The molecule has 0 spiro atoms. The van der Waals surface area contributed by atoms with Crippen LogP contribution in [0.2, 0.25) is 5.02 Å². The third-order valence-corrected chi connectivity index (χ3v) is 5.65. The number of alkyl halides is 10. The van der Waals surface area contributed by atoms with Crippen LogP contribution in [0.3, 0.4) is 0 Å². The lowest BCUT2D eigenvalue weighted by Gasteiger charge is -2.31. The van der Waals surface area contributed by atoms with E-state index in [0.29, 0.717) is 3.57 Å². The van der Waals surface area contributed by atoms with Gasteiger partial charge in [0.2, 0.25) is 0 Å². The molecule has 0 aromatic heterocycles. The fourth-order valence-electron chi connectivity index (χ4n) is 2.74. The first-order chi connectivity index (χ1) is 14.3. The van der Waals surface area contributed by atoms with Gasteiger partial charge in [-0.3, -0.25) is 4.79 Å². The van der Waals surface area contributed by atoms with Gasteiger partial charge in [-0.15, -0.1) is 0 Å². The maximum Gasteiger partial charge on any atom is 0.435 e. The average Bonchev–Trinajstić information content (AvgIpc) is 2.61. The molecule has 0 aliphatic rings. The number of benzene rings is 2. The molecule has 0 aliphatic heterocycles. The van der Waals surface area contributed by atoms with E-state index in [-0.39, 0.29) is 17.3 Å². The van der Waals surface area contributed by atoms with Gasteiger partial charge in [0.25, 0.3) is 0 Å². The van der Waals surface area contributed by atoms with E-state index in [0.717, 1.165) is 6.07 Å². The molecule has 0 aliphatic carbocycles. The molecule has 0 saturated heterocycles. The summed E-state index contributed by atoms with van der Waals surface area (Å²) in [5.74, 6) is -1.01. The predicted octanol–water partition coefficient (Wildman–Crippen LogP) is 7.26. The average molecular weight is 608 g/mol. The van der Waals surface area contributed by atoms with Gasteiger partial charge in [0.1, 0.15) is 0 Å². The smallest absolute Gasteiger partial charge is 0.398 e. The second kappa shape index (κ2) is 8.54. The van der Waals surface area contributed by atoms with Crippen LogP contribution in [0, 0.1) is 3.57 Å². The van der Waals surface area contributed by atoms with Crippen molar-refractivity contribution in [2.45, 2.75) is 30.6 Å². The number of hydrogen-bond acceptors (Lipinski definition) is 2. The molecule has 176 valence electrons. The number of hydrogen-bond donors (Lipinski definition) is 1. The Morgan fingerprint density at radius 3 is 1.88 bits per heavy atom. The Morgan fingerprint density at radius 2 is 1.44 bits per heavy atom. The van der Waals surface area contributed by atoms with Crippen molar-refractivity contribution in [3.63, 3.8) is 0 Å². The molecule has 0 saturated carbocycles. The van der Waals surface area contributed by atoms with Crippen molar-refractivity contribution in [2.24, 2.45) is 0 Å². The normalized spacial score (nSPS) is 13.4. The van der Waals surface area contributed by atoms with Crippen LogP contribution in [0.15, 0.2) is 30.3 Å². The van der Waals surface area contributed by atoms with Crippen molar-refractivity contribution in [1.82, 2.24) is 0 Å². The zero-order valence-electron chi connectivity index (χ0n) is 15.1. The van der Waals surface area contributed by atoms with Crippen molar-refractivity contribution in [3.8, 4) is 0 Å². The van der Waals surface area contributed by atoms with Crippen LogP contribution in [0.25, 0.3) is 0 Å². The van der Waals surface area contributed by atoms with Crippen molar-refractivity contribution < 1.29 is 48.7 Å². The van der Waals surface area contributed by atoms with E-state index in [4.69, 9.17) is 17.3 Å². The van der Waals surface area contributed by atoms with Gasteiger partial charge in [-0.2, -0.15) is 39.5 Å². The van der Waals surface area contributed by atoms with Crippen LogP contribution in [0.4, 0.5) is 49.6 Å². The summed E-state index contributed by atoms with van der Waals surface area (Å²) in [6, 6.07) is 2.83. The largest absolute Gasteiger partial charge is 0.435 e. The predicted molar refractivity (Wildman–Crippen MR) is 103 cm³/mol. The molecule has 0 atom stereocenters. The van der Waals surface area contributed by atoms with Gasteiger partial charge in [0.15, 0.2) is 5.78 Å². The van der Waals surface area contributed by atoms with E-state index in [2.05, 4.69) is 0 Å². The van der Waals surface area contributed by atoms with E-state index in [1.54, 1.807) is 0 Å². The summed E-state index contributed by atoms with van der Waals surface area (Å²) in [5, 5.41) is -1.29. The lowest BCUT2D eigenvalue weighted by atomic mass is 9.89. The number of anilines is 1. The number of rotatable bonds is 4. The minimum Gasteiger partial charge on any atom is -0.398 e. The number of halogens is 12. The molecule has 0 radical (unpaired) electrons. The molecule has 0 heterocycles. The van der Waals surface area contributed by atoms with Gasteiger partial charge < -0.3 is 5.73 Å². The van der Waals surface area contributed by atoms with Crippen LogP contribution in [0.5, 0.6) is 0 Å². The summed E-state index contributed by atoms with van der Waals surface area (Å²) in [6.07, 6.45) is -20.0. The SMILES string of the molecule is Nc1cc(C(=O)Cc2c(Cl)cc(C(F)(C(F)(F)F)C(F)(F)F)cc2C(F)(F)F)ccc1I. The van der Waals surface area contributed by atoms with E-state index >= 15 is 0 Å². The first-order valence-corrected chi connectivity index (χ1v) is 9.57. The highest BCUT2D eigenvalue weighted by Gasteiger charge is 2.73. The number of nitrogen functional groups attached to an aromatic ring is 1. The Labute approximate surface area is 191 Å². The Hall–Kier alpha value is -1.77. The van der Waals surface area contributed by atoms with E-state index < -0.39 is 64.2 Å².